The van der Waals surface area contributed by atoms with Gasteiger partial charge >= 0.3 is 0 Å². The summed E-state index contributed by atoms with van der Waals surface area (Å²) in [4.78, 5) is 0. The summed E-state index contributed by atoms with van der Waals surface area (Å²) in [7, 11) is 0. The molecule has 0 aliphatic rings. The van der Waals surface area contributed by atoms with Gasteiger partial charge in [0.25, 0.3) is 0 Å². The highest BCUT2D eigenvalue weighted by Gasteiger charge is 2.18. The van der Waals surface area contributed by atoms with E-state index >= 15 is 0 Å². The summed E-state index contributed by atoms with van der Waals surface area (Å²) in [6, 6.07) is 76.1. The van der Waals surface area contributed by atoms with Gasteiger partial charge in [-0.1, -0.05) is 133 Å². The minimum absolute atomic E-state index is 0.879. The summed E-state index contributed by atoms with van der Waals surface area (Å²) >= 11 is 0. The highest BCUT2D eigenvalue weighted by atomic mass is 16.3. The van der Waals surface area contributed by atoms with Crippen molar-refractivity contribution in [1.29, 1.82) is 0 Å². The van der Waals surface area contributed by atoms with Crippen molar-refractivity contribution in [2.45, 2.75) is 19.8 Å². The lowest BCUT2D eigenvalue weighted by Gasteiger charge is -2.15. The molecule has 66 heavy (non-hydrogen) atoms. The first-order valence-electron chi connectivity index (χ1n) is 22.7. The SMILES string of the molecule is Cc1ccc(-c2ccc3oc4ccc(-c5ccccc5)cc4c3c2)cc1-c1cc2oc3ccc(-c4ccc5oc6ccc(-c7ccccc7)cc6c5c4)cc3c2cc1CCc1ccccc1. The van der Waals surface area contributed by atoms with Crippen LogP contribution < -0.4 is 0 Å². The molecule has 0 spiro atoms. The van der Waals surface area contributed by atoms with Gasteiger partial charge in [0.05, 0.1) is 0 Å². The van der Waals surface area contributed by atoms with Crippen molar-refractivity contribution in [2.24, 2.45) is 0 Å². The third-order valence-corrected chi connectivity index (χ3v) is 13.6. The van der Waals surface area contributed by atoms with E-state index in [1.54, 1.807) is 0 Å². The van der Waals surface area contributed by atoms with Crippen LogP contribution in [0.1, 0.15) is 16.7 Å². The van der Waals surface area contributed by atoms with Crippen LogP contribution in [0.15, 0.2) is 226 Å². The third-order valence-electron chi connectivity index (χ3n) is 13.6. The van der Waals surface area contributed by atoms with E-state index < -0.39 is 0 Å². The van der Waals surface area contributed by atoms with Gasteiger partial charge in [0, 0.05) is 32.3 Å². The molecule has 13 rings (SSSR count). The second kappa shape index (κ2) is 15.4. The largest absolute Gasteiger partial charge is 0.456 e. The van der Waals surface area contributed by atoms with Crippen molar-refractivity contribution in [2.75, 3.05) is 0 Å². The van der Waals surface area contributed by atoms with E-state index in [1.165, 1.54) is 50.1 Å². The molecule has 0 N–H and O–H groups in total. The fourth-order valence-electron chi connectivity index (χ4n) is 10.1. The third kappa shape index (κ3) is 6.59. The van der Waals surface area contributed by atoms with Crippen LogP contribution in [-0.4, -0.2) is 0 Å². The van der Waals surface area contributed by atoms with Gasteiger partial charge in [-0.25, -0.2) is 0 Å². The van der Waals surface area contributed by atoms with Crippen LogP contribution in [-0.2, 0) is 12.8 Å². The van der Waals surface area contributed by atoms with Crippen molar-refractivity contribution >= 4 is 65.8 Å². The van der Waals surface area contributed by atoms with Crippen LogP contribution in [0.2, 0.25) is 0 Å². The van der Waals surface area contributed by atoms with Gasteiger partial charge in [-0.15, -0.1) is 0 Å². The molecule has 3 heteroatoms. The number of aryl methyl sites for hydroxylation is 3. The molecule has 3 nitrogen and oxygen atoms in total. The molecule has 0 saturated heterocycles. The summed E-state index contributed by atoms with van der Waals surface area (Å²) in [6.45, 7) is 2.22. The minimum atomic E-state index is 0.879. The first-order chi connectivity index (χ1) is 32.6. The fourth-order valence-corrected chi connectivity index (χ4v) is 10.1. The first kappa shape index (κ1) is 38.1. The summed E-state index contributed by atoms with van der Waals surface area (Å²) in [5, 5.41) is 6.70. The Bertz CT molecular complexity index is 3980. The number of benzene rings is 10. The average Bonchev–Trinajstić information content (AvgIpc) is 4.06. The van der Waals surface area contributed by atoms with Crippen molar-refractivity contribution < 1.29 is 13.3 Å². The van der Waals surface area contributed by atoms with Gasteiger partial charge in [-0.2, -0.15) is 0 Å². The molecule has 0 fully saturated rings. The molecule has 0 radical (unpaired) electrons. The normalized spacial score (nSPS) is 11.8. The summed E-state index contributed by atoms with van der Waals surface area (Å²) < 4.78 is 19.4. The van der Waals surface area contributed by atoms with Gasteiger partial charge < -0.3 is 13.3 Å². The number of fused-ring (bicyclic) bond motifs is 9. The second-order valence-corrected chi connectivity index (χ2v) is 17.6. The summed E-state index contributed by atoms with van der Waals surface area (Å²) in [5.74, 6) is 0. The molecule has 312 valence electrons. The van der Waals surface area contributed by atoms with Gasteiger partial charge in [0.2, 0.25) is 0 Å². The van der Waals surface area contributed by atoms with Crippen molar-refractivity contribution in [1.82, 2.24) is 0 Å². The van der Waals surface area contributed by atoms with Crippen LogP contribution in [0.3, 0.4) is 0 Å². The minimum Gasteiger partial charge on any atom is -0.456 e. The van der Waals surface area contributed by atoms with E-state index in [4.69, 9.17) is 13.3 Å². The molecular weight excluding hydrogens is 805 g/mol. The lowest BCUT2D eigenvalue weighted by atomic mass is 9.89. The Labute approximate surface area is 381 Å². The number of rotatable bonds is 8. The zero-order valence-corrected chi connectivity index (χ0v) is 36.3. The van der Waals surface area contributed by atoms with E-state index in [1.807, 2.05) is 0 Å². The molecule has 0 bridgehead atoms. The van der Waals surface area contributed by atoms with Crippen molar-refractivity contribution in [3.8, 4) is 55.6 Å². The van der Waals surface area contributed by atoms with Crippen LogP contribution >= 0.6 is 0 Å². The number of hydrogen-bond acceptors (Lipinski definition) is 3. The maximum absolute atomic E-state index is 6.75. The van der Waals surface area contributed by atoms with Gasteiger partial charge in [-0.3, -0.25) is 0 Å². The van der Waals surface area contributed by atoms with Gasteiger partial charge in [0.1, 0.15) is 33.5 Å². The predicted molar refractivity (Wildman–Crippen MR) is 274 cm³/mol. The monoisotopic (exact) mass is 846 g/mol. The Hall–Kier alpha value is -8.40. The van der Waals surface area contributed by atoms with E-state index in [0.29, 0.717) is 0 Å². The standard InChI is InChI=1S/C63H42O3/c1-39-17-19-45(46-23-28-60-54(34-46)52-32-43(21-26-58(52)64-60)41-13-7-3-8-14-41)31-50(39)51-38-63-57(37-49(51)20-18-40-11-5-2-6-12-40)56-36-48(25-30-62(56)66-63)47-24-29-61-55(35-47)53-33-44(22-27-59(53)65-61)42-15-9-4-10-16-42/h2-17,19,21-38H,18,20H2,1H3. The first-order valence-corrected chi connectivity index (χ1v) is 22.7. The van der Waals surface area contributed by atoms with E-state index in [0.717, 1.165) is 101 Å². The molecule has 3 aromatic heterocycles. The van der Waals surface area contributed by atoms with Crippen LogP contribution in [0.5, 0.6) is 0 Å². The predicted octanol–water partition coefficient (Wildman–Crippen LogP) is 17.8. The molecule has 0 amide bonds. The van der Waals surface area contributed by atoms with Crippen LogP contribution in [0, 0.1) is 6.92 Å². The molecule has 0 unspecified atom stereocenters. The lowest BCUT2D eigenvalue weighted by Crippen LogP contribution is -1.96. The maximum atomic E-state index is 6.75. The molecule has 0 saturated carbocycles. The Morgan fingerprint density at radius 3 is 1.09 bits per heavy atom. The van der Waals surface area contributed by atoms with Gasteiger partial charge in [0.15, 0.2) is 0 Å². The van der Waals surface area contributed by atoms with Crippen LogP contribution in [0.25, 0.3) is 121 Å². The topological polar surface area (TPSA) is 39.4 Å². The number of furan rings is 3. The highest BCUT2D eigenvalue weighted by molar-refractivity contribution is 6.11. The molecule has 3 heterocycles. The smallest absolute Gasteiger partial charge is 0.136 e. The molecule has 10 aromatic carbocycles. The molecular formula is C63H42O3. The van der Waals surface area contributed by atoms with Crippen LogP contribution in [0.4, 0.5) is 0 Å². The zero-order valence-electron chi connectivity index (χ0n) is 36.3. The fraction of sp³-hybridized carbons (Fsp3) is 0.0476. The Balaban J connectivity index is 0.913. The van der Waals surface area contributed by atoms with Crippen molar-refractivity contribution in [3.63, 3.8) is 0 Å². The molecule has 13 aromatic rings. The van der Waals surface area contributed by atoms with Crippen molar-refractivity contribution in [3.05, 3.63) is 229 Å². The summed E-state index contributed by atoms with van der Waals surface area (Å²) in [6.07, 6.45) is 1.82. The molecule has 0 atom stereocenters. The van der Waals surface area contributed by atoms with E-state index in [9.17, 15) is 0 Å². The zero-order chi connectivity index (χ0) is 43.7. The summed E-state index contributed by atoms with van der Waals surface area (Å²) in [5.41, 5.74) is 20.9. The lowest BCUT2D eigenvalue weighted by molar-refractivity contribution is 0.668. The number of hydrogen-bond donors (Lipinski definition) is 0. The van der Waals surface area contributed by atoms with E-state index in [-0.39, 0.29) is 0 Å². The molecule has 0 aliphatic carbocycles. The Morgan fingerprint density at radius 2 is 0.636 bits per heavy atom. The average molecular weight is 847 g/mol. The Kier molecular flexibility index (Phi) is 8.89. The van der Waals surface area contributed by atoms with Gasteiger partial charge in [-0.05, 0) is 171 Å². The highest BCUT2D eigenvalue weighted by Crippen LogP contribution is 2.42. The second-order valence-electron chi connectivity index (χ2n) is 17.6. The quantitative estimate of drug-likeness (QED) is 0.153. The van der Waals surface area contributed by atoms with E-state index in [2.05, 4.69) is 219 Å². The molecule has 0 aliphatic heterocycles. The maximum Gasteiger partial charge on any atom is 0.136 e. The Morgan fingerprint density at radius 1 is 0.273 bits per heavy atom.